The van der Waals surface area contributed by atoms with E-state index in [-0.39, 0.29) is 35.4 Å². The van der Waals surface area contributed by atoms with Crippen LogP contribution < -0.4 is 11.1 Å². The zero-order chi connectivity index (χ0) is 13.6. The molecule has 0 spiro atoms. The Morgan fingerprint density at radius 2 is 2.32 bits per heavy atom. The van der Waals surface area contributed by atoms with Crippen LogP contribution in [0.25, 0.3) is 0 Å². The minimum absolute atomic E-state index is 0.0564. The van der Waals surface area contributed by atoms with Crippen molar-refractivity contribution in [3.05, 3.63) is 29.6 Å². The Kier molecular flexibility index (Phi) is 2.91. The molecule has 4 unspecified atom stereocenters. The summed E-state index contributed by atoms with van der Waals surface area (Å²) in [7, 11) is 0. The van der Waals surface area contributed by atoms with Crippen molar-refractivity contribution in [3.63, 3.8) is 0 Å². The summed E-state index contributed by atoms with van der Waals surface area (Å²) in [6.07, 6.45) is 0.852. The number of phenolic OH excluding ortho intramolecular Hbond substituents is 1. The van der Waals surface area contributed by atoms with Gasteiger partial charge >= 0.3 is 0 Å². The topological polar surface area (TPSA) is 84.6 Å². The Bertz CT molecular complexity index is 523. The molecule has 0 aromatic heterocycles. The van der Waals surface area contributed by atoms with Gasteiger partial charge in [-0.2, -0.15) is 0 Å². The molecule has 0 radical (unpaired) electrons. The Labute approximate surface area is 109 Å². The Morgan fingerprint density at radius 3 is 3.05 bits per heavy atom. The molecule has 5 nitrogen and oxygen atoms in total. The van der Waals surface area contributed by atoms with E-state index < -0.39 is 11.7 Å². The fourth-order valence-electron chi connectivity index (χ4n) is 2.85. The lowest BCUT2D eigenvalue weighted by Crippen LogP contribution is -2.69. The average Bonchev–Trinajstić information content (AvgIpc) is 2.80. The highest BCUT2D eigenvalue weighted by atomic mass is 19.1. The summed E-state index contributed by atoms with van der Waals surface area (Å²) in [5.74, 6) is -1.22. The van der Waals surface area contributed by atoms with Crippen LogP contribution >= 0.6 is 0 Å². The van der Waals surface area contributed by atoms with Crippen LogP contribution in [0, 0.1) is 11.7 Å². The highest BCUT2D eigenvalue weighted by Gasteiger charge is 2.52. The summed E-state index contributed by atoms with van der Waals surface area (Å²) in [5.41, 5.74) is 5.86. The van der Waals surface area contributed by atoms with Crippen LogP contribution in [-0.2, 0) is 4.74 Å². The quantitative estimate of drug-likeness (QED) is 0.722. The van der Waals surface area contributed by atoms with Crippen LogP contribution in [0.2, 0.25) is 0 Å². The van der Waals surface area contributed by atoms with Gasteiger partial charge in [0.05, 0.1) is 17.7 Å². The van der Waals surface area contributed by atoms with Crippen molar-refractivity contribution in [1.29, 1.82) is 0 Å². The first-order valence-electron chi connectivity index (χ1n) is 6.24. The summed E-state index contributed by atoms with van der Waals surface area (Å²) >= 11 is 0. The molecule has 4 N–H and O–H groups in total. The number of nitrogens with one attached hydrogen (secondary N) is 1. The predicted octanol–water partition coefficient (Wildman–Crippen LogP) is 0.376. The van der Waals surface area contributed by atoms with E-state index in [0.29, 0.717) is 6.61 Å². The Balaban J connectivity index is 1.71. The molecular formula is C13H15FN2O3. The van der Waals surface area contributed by atoms with Crippen LogP contribution in [0.4, 0.5) is 4.39 Å². The second kappa shape index (κ2) is 4.47. The van der Waals surface area contributed by atoms with Gasteiger partial charge in [0.2, 0.25) is 0 Å². The third-order valence-electron chi connectivity index (χ3n) is 3.94. The van der Waals surface area contributed by atoms with Gasteiger partial charge in [0.1, 0.15) is 11.6 Å². The van der Waals surface area contributed by atoms with Gasteiger partial charge in [-0.3, -0.25) is 4.79 Å². The molecular weight excluding hydrogens is 251 g/mol. The van der Waals surface area contributed by atoms with Crippen LogP contribution in [0.5, 0.6) is 5.75 Å². The number of carbonyl (C=O) groups excluding carboxylic acids is 1. The highest BCUT2D eigenvalue weighted by molar-refractivity contribution is 5.95. The molecule has 1 saturated heterocycles. The Hall–Kier alpha value is -1.66. The third-order valence-corrected chi connectivity index (χ3v) is 3.94. The Morgan fingerprint density at radius 1 is 1.53 bits per heavy atom. The third kappa shape index (κ3) is 1.97. The molecule has 2 fully saturated rings. The molecule has 1 heterocycles. The zero-order valence-corrected chi connectivity index (χ0v) is 10.2. The number of aromatic hydroxyl groups is 1. The average molecular weight is 266 g/mol. The van der Waals surface area contributed by atoms with Crippen molar-refractivity contribution in [2.45, 2.75) is 24.6 Å². The van der Waals surface area contributed by atoms with E-state index in [1.807, 2.05) is 0 Å². The highest BCUT2D eigenvalue weighted by Crippen LogP contribution is 2.37. The fraction of sp³-hybridized carbons (Fsp3) is 0.462. The van der Waals surface area contributed by atoms with Gasteiger partial charge in [0.25, 0.3) is 5.91 Å². The molecule has 1 aliphatic heterocycles. The second-order valence-electron chi connectivity index (χ2n) is 5.03. The van der Waals surface area contributed by atoms with E-state index in [9.17, 15) is 9.18 Å². The first kappa shape index (κ1) is 12.4. The number of hydrogen-bond donors (Lipinski definition) is 3. The molecule has 1 aromatic rings. The maximum atomic E-state index is 13.6. The van der Waals surface area contributed by atoms with E-state index in [2.05, 4.69) is 5.32 Å². The van der Waals surface area contributed by atoms with Crippen molar-refractivity contribution < 1.29 is 19.0 Å². The number of rotatable bonds is 2. The van der Waals surface area contributed by atoms with E-state index in [1.54, 1.807) is 0 Å². The molecule has 19 heavy (non-hydrogen) atoms. The number of benzene rings is 1. The summed E-state index contributed by atoms with van der Waals surface area (Å²) in [5, 5.41) is 11.8. The lowest BCUT2D eigenvalue weighted by atomic mass is 9.72. The van der Waals surface area contributed by atoms with Gasteiger partial charge in [0, 0.05) is 24.6 Å². The van der Waals surface area contributed by atoms with Gasteiger partial charge in [-0.25, -0.2) is 4.39 Å². The summed E-state index contributed by atoms with van der Waals surface area (Å²) in [6, 6.07) is 3.01. The van der Waals surface area contributed by atoms with Crippen molar-refractivity contribution in [1.82, 2.24) is 5.32 Å². The van der Waals surface area contributed by atoms with E-state index in [4.69, 9.17) is 15.6 Å². The van der Waals surface area contributed by atoms with E-state index in [1.165, 1.54) is 12.1 Å². The van der Waals surface area contributed by atoms with Gasteiger partial charge < -0.3 is 20.9 Å². The second-order valence-corrected chi connectivity index (χ2v) is 5.03. The minimum Gasteiger partial charge on any atom is -0.508 e. The maximum Gasteiger partial charge on any atom is 0.254 e. The maximum absolute atomic E-state index is 13.6. The SMILES string of the molecule is NC1C2CCOC2C1NC(=O)c1ccc(O)cc1F. The van der Waals surface area contributed by atoms with Crippen molar-refractivity contribution in [2.75, 3.05) is 6.61 Å². The molecule has 2 aliphatic rings. The monoisotopic (exact) mass is 266 g/mol. The number of amides is 1. The number of hydrogen-bond acceptors (Lipinski definition) is 4. The van der Waals surface area contributed by atoms with Gasteiger partial charge in [-0.1, -0.05) is 0 Å². The van der Waals surface area contributed by atoms with Crippen molar-refractivity contribution in [2.24, 2.45) is 11.7 Å². The van der Waals surface area contributed by atoms with Crippen LogP contribution in [-0.4, -0.2) is 35.8 Å². The number of phenols is 1. The first-order chi connectivity index (χ1) is 9.08. The predicted molar refractivity (Wildman–Crippen MR) is 65.1 cm³/mol. The molecule has 6 heteroatoms. The standard InChI is InChI=1S/C13H15FN2O3/c14-9-5-6(17)1-2-7(9)13(18)16-11-10(15)8-3-4-19-12(8)11/h1-2,5,8,10-12,17H,3-4,15H2,(H,16,18). The van der Waals surface area contributed by atoms with Gasteiger partial charge in [-0.05, 0) is 18.6 Å². The molecule has 1 saturated carbocycles. The number of carbonyl (C=O) groups is 1. The lowest BCUT2D eigenvalue weighted by Gasteiger charge is -2.45. The molecule has 1 aromatic carbocycles. The number of ether oxygens (including phenoxy) is 1. The van der Waals surface area contributed by atoms with Crippen LogP contribution in [0.15, 0.2) is 18.2 Å². The smallest absolute Gasteiger partial charge is 0.254 e. The largest absolute Gasteiger partial charge is 0.508 e. The molecule has 4 atom stereocenters. The van der Waals surface area contributed by atoms with Crippen LogP contribution in [0.1, 0.15) is 16.8 Å². The summed E-state index contributed by atoms with van der Waals surface area (Å²) in [6.45, 7) is 0.656. The number of fused-ring (bicyclic) bond motifs is 1. The fourth-order valence-corrected chi connectivity index (χ4v) is 2.85. The number of nitrogens with two attached hydrogens (primary N) is 1. The minimum atomic E-state index is -0.755. The molecule has 1 aliphatic carbocycles. The molecule has 102 valence electrons. The van der Waals surface area contributed by atoms with Crippen LogP contribution in [0.3, 0.4) is 0 Å². The van der Waals surface area contributed by atoms with E-state index >= 15 is 0 Å². The summed E-state index contributed by atoms with van der Waals surface area (Å²) < 4.78 is 19.0. The zero-order valence-electron chi connectivity index (χ0n) is 10.2. The van der Waals surface area contributed by atoms with Crippen molar-refractivity contribution in [3.8, 4) is 5.75 Å². The molecule has 0 bridgehead atoms. The normalized spacial score (nSPS) is 32.5. The van der Waals surface area contributed by atoms with E-state index in [0.717, 1.165) is 12.5 Å². The molecule has 1 amide bonds. The number of halogens is 1. The first-order valence-corrected chi connectivity index (χ1v) is 6.24. The van der Waals surface area contributed by atoms with Crippen molar-refractivity contribution >= 4 is 5.91 Å². The van der Waals surface area contributed by atoms with Gasteiger partial charge in [0.15, 0.2) is 0 Å². The molecule has 3 rings (SSSR count). The lowest BCUT2D eigenvalue weighted by molar-refractivity contribution is -0.0161. The summed E-state index contributed by atoms with van der Waals surface area (Å²) in [4.78, 5) is 12.0. The van der Waals surface area contributed by atoms with Gasteiger partial charge in [-0.15, -0.1) is 0 Å².